The number of rotatable bonds is 4. The van der Waals surface area contributed by atoms with E-state index in [9.17, 15) is 4.39 Å². The molecular formula is C16H19FN2O. The number of hydrogen-bond donors (Lipinski definition) is 2. The van der Waals surface area contributed by atoms with E-state index in [1.54, 1.807) is 13.2 Å². The molecule has 3 N–H and O–H groups in total. The maximum Gasteiger partial charge on any atom is 0.123 e. The minimum atomic E-state index is -0.278. The zero-order valence-corrected chi connectivity index (χ0v) is 11.9. The number of hydrazine groups is 1. The molecular weight excluding hydrogens is 255 g/mol. The third kappa shape index (κ3) is 2.81. The van der Waals surface area contributed by atoms with Crippen LogP contribution in [-0.4, -0.2) is 7.11 Å². The van der Waals surface area contributed by atoms with Crippen LogP contribution in [0.15, 0.2) is 36.4 Å². The molecule has 0 bridgehead atoms. The molecule has 0 aromatic heterocycles. The molecule has 0 aliphatic heterocycles. The molecule has 0 heterocycles. The molecule has 1 unspecified atom stereocenters. The molecule has 0 aliphatic rings. The molecule has 2 aromatic carbocycles. The van der Waals surface area contributed by atoms with Crippen molar-refractivity contribution in [2.45, 2.75) is 19.9 Å². The van der Waals surface area contributed by atoms with Gasteiger partial charge in [0.05, 0.1) is 13.2 Å². The molecule has 3 nitrogen and oxygen atoms in total. The highest BCUT2D eigenvalue weighted by atomic mass is 19.1. The summed E-state index contributed by atoms with van der Waals surface area (Å²) >= 11 is 0. The van der Waals surface area contributed by atoms with Gasteiger partial charge >= 0.3 is 0 Å². The number of nitrogens with two attached hydrogens (primary N) is 1. The van der Waals surface area contributed by atoms with Crippen LogP contribution in [0.3, 0.4) is 0 Å². The fraction of sp³-hybridized carbons (Fsp3) is 0.250. The maximum atomic E-state index is 13.5. The quantitative estimate of drug-likeness (QED) is 0.665. The Morgan fingerprint density at radius 3 is 2.45 bits per heavy atom. The molecule has 2 aromatic rings. The number of methoxy groups -OCH3 is 1. The second kappa shape index (κ2) is 6.03. The normalized spacial score (nSPS) is 12.2. The summed E-state index contributed by atoms with van der Waals surface area (Å²) in [7, 11) is 1.63. The average Bonchev–Trinajstić information content (AvgIpc) is 2.45. The van der Waals surface area contributed by atoms with Gasteiger partial charge in [-0.2, -0.15) is 0 Å². The molecule has 0 aliphatic carbocycles. The molecule has 20 heavy (non-hydrogen) atoms. The number of benzene rings is 2. The fourth-order valence-electron chi connectivity index (χ4n) is 2.30. The van der Waals surface area contributed by atoms with Gasteiger partial charge < -0.3 is 4.74 Å². The van der Waals surface area contributed by atoms with Crippen LogP contribution in [0.4, 0.5) is 4.39 Å². The van der Waals surface area contributed by atoms with E-state index in [0.29, 0.717) is 0 Å². The molecule has 0 saturated carbocycles. The highest BCUT2D eigenvalue weighted by Gasteiger charge is 2.16. The molecule has 0 amide bonds. The zero-order valence-electron chi connectivity index (χ0n) is 11.9. The van der Waals surface area contributed by atoms with E-state index in [2.05, 4.69) is 5.43 Å². The van der Waals surface area contributed by atoms with Crippen LogP contribution in [0.2, 0.25) is 0 Å². The van der Waals surface area contributed by atoms with Gasteiger partial charge in [0.15, 0.2) is 0 Å². The topological polar surface area (TPSA) is 47.3 Å². The van der Waals surface area contributed by atoms with Gasteiger partial charge in [-0.15, -0.1) is 0 Å². The largest absolute Gasteiger partial charge is 0.496 e. The van der Waals surface area contributed by atoms with Crippen LogP contribution in [0.5, 0.6) is 5.75 Å². The van der Waals surface area contributed by atoms with E-state index in [-0.39, 0.29) is 11.9 Å². The summed E-state index contributed by atoms with van der Waals surface area (Å²) in [6.07, 6.45) is 0. The van der Waals surface area contributed by atoms with Crippen LogP contribution >= 0.6 is 0 Å². The van der Waals surface area contributed by atoms with E-state index < -0.39 is 0 Å². The standard InChI is InChI=1S/C16H19FN2O/c1-10-5-7-13(17)9-14(10)16(19-18)12-6-4-11(2)15(8-12)20-3/h4-9,16,19H,18H2,1-3H3. The molecule has 4 heteroatoms. The first-order valence-corrected chi connectivity index (χ1v) is 6.43. The van der Waals surface area contributed by atoms with Crippen molar-refractivity contribution in [1.82, 2.24) is 5.43 Å². The Bertz CT molecular complexity index is 613. The average molecular weight is 274 g/mol. The zero-order chi connectivity index (χ0) is 14.7. The predicted octanol–water partition coefficient (Wildman–Crippen LogP) is 3.00. The van der Waals surface area contributed by atoms with E-state index in [0.717, 1.165) is 28.0 Å². The van der Waals surface area contributed by atoms with Crippen molar-refractivity contribution >= 4 is 0 Å². The third-order valence-corrected chi connectivity index (χ3v) is 3.48. The van der Waals surface area contributed by atoms with Gasteiger partial charge in [-0.25, -0.2) is 9.82 Å². The number of nitrogens with one attached hydrogen (secondary N) is 1. The van der Waals surface area contributed by atoms with Gasteiger partial charge in [0.1, 0.15) is 11.6 Å². The molecule has 1 atom stereocenters. The lowest BCUT2D eigenvalue weighted by atomic mass is 9.94. The Hall–Kier alpha value is -1.91. The second-order valence-electron chi connectivity index (χ2n) is 4.83. The molecule has 2 rings (SSSR count). The van der Waals surface area contributed by atoms with E-state index >= 15 is 0 Å². The van der Waals surface area contributed by atoms with Gasteiger partial charge in [0.25, 0.3) is 0 Å². The maximum absolute atomic E-state index is 13.5. The Labute approximate surface area is 118 Å². The van der Waals surface area contributed by atoms with Crippen LogP contribution in [0.25, 0.3) is 0 Å². The molecule has 106 valence electrons. The van der Waals surface area contributed by atoms with Crippen molar-refractivity contribution in [3.8, 4) is 5.75 Å². The molecule has 0 radical (unpaired) electrons. The van der Waals surface area contributed by atoms with E-state index in [4.69, 9.17) is 10.6 Å². The lowest BCUT2D eigenvalue weighted by Gasteiger charge is -2.20. The van der Waals surface area contributed by atoms with Gasteiger partial charge in [0.2, 0.25) is 0 Å². The molecule has 0 fully saturated rings. The third-order valence-electron chi connectivity index (χ3n) is 3.48. The van der Waals surface area contributed by atoms with Crippen LogP contribution in [0.1, 0.15) is 28.3 Å². The highest BCUT2D eigenvalue weighted by Crippen LogP contribution is 2.29. The van der Waals surface area contributed by atoms with Crippen molar-refractivity contribution < 1.29 is 9.13 Å². The summed E-state index contributed by atoms with van der Waals surface area (Å²) in [6, 6.07) is 10.3. The van der Waals surface area contributed by atoms with Crippen LogP contribution in [-0.2, 0) is 0 Å². The summed E-state index contributed by atoms with van der Waals surface area (Å²) in [5, 5.41) is 0. The van der Waals surface area contributed by atoms with Crippen molar-refractivity contribution in [2.24, 2.45) is 5.84 Å². The summed E-state index contributed by atoms with van der Waals surface area (Å²) in [6.45, 7) is 3.91. The lowest BCUT2D eigenvalue weighted by molar-refractivity contribution is 0.410. The van der Waals surface area contributed by atoms with Crippen LogP contribution < -0.4 is 16.0 Å². The first-order chi connectivity index (χ1) is 9.56. The highest BCUT2D eigenvalue weighted by molar-refractivity contribution is 5.43. The summed E-state index contributed by atoms with van der Waals surface area (Å²) < 4.78 is 18.8. The Kier molecular flexibility index (Phi) is 4.37. The first kappa shape index (κ1) is 14.5. The SMILES string of the molecule is COc1cc(C(NN)c2cc(F)ccc2C)ccc1C. The van der Waals surface area contributed by atoms with E-state index in [1.165, 1.54) is 12.1 Å². The Morgan fingerprint density at radius 1 is 1.10 bits per heavy atom. The van der Waals surface area contributed by atoms with Gasteiger partial charge in [-0.05, 0) is 54.3 Å². The smallest absolute Gasteiger partial charge is 0.123 e. The number of aryl methyl sites for hydroxylation is 2. The van der Waals surface area contributed by atoms with Gasteiger partial charge in [-0.3, -0.25) is 5.84 Å². The fourth-order valence-corrected chi connectivity index (χ4v) is 2.30. The minimum absolute atomic E-state index is 0.273. The van der Waals surface area contributed by atoms with E-state index in [1.807, 2.05) is 32.0 Å². The Morgan fingerprint density at radius 2 is 1.80 bits per heavy atom. The summed E-state index contributed by atoms with van der Waals surface area (Å²) in [5.74, 6) is 6.19. The monoisotopic (exact) mass is 274 g/mol. The van der Waals surface area contributed by atoms with Gasteiger partial charge in [0, 0.05) is 0 Å². The number of ether oxygens (including phenoxy) is 1. The molecule has 0 spiro atoms. The van der Waals surface area contributed by atoms with Crippen molar-refractivity contribution in [2.75, 3.05) is 7.11 Å². The summed E-state index contributed by atoms with van der Waals surface area (Å²) in [4.78, 5) is 0. The Balaban J connectivity index is 2.49. The van der Waals surface area contributed by atoms with Gasteiger partial charge in [-0.1, -0.05) is 18.2 Å². The number of hydrogen-bond acceptors (Lipinski definition) is 3. The van der Waals surface area contributed by atoms with Crippen molar-refractivity contribution in [3.63, 3.8) is 0 Å². The number of halogens is 1. The van der Waals surface area contributed by atoms with Crippen molar-refractivity contribution in [3.05, 3.63) is 64.5 Å². The minimum Gasteiger partial charge on any atom is -0.496 e. The summed E-state index contributed by atoms with van der Waals surface area (Å²) in [5.41, 5.74) is 6.53. The first-order valence-electron chi connectivity index (χ1n) is 6.43. The lowest BCUT2D eigenvalue weighted by Crippen LogP contribution is -2.29. The van der Waals surface area contributed by atoms with Crippen LogP contribution in [0, 0.1) is 19.7 Å². The second-order valence-corrected chi connectivity index (χ2v) is 4.83. The van der Waals surface area contributed by atoms with Crippen molar-refractivity contribution in [1.29, 1.82) is 0 Å². The molecule has 0 saturated heterocycles. The predicted molar refractivity (Wildman–Crippen MR) is 78.0 cm³/mol.